The predicted octanol–water partition coefficient (Wildman–Crippen LogP) is 1.27. The SMILES string of the molecule is C=C/C(=C\C=C/C)CC(NC=O)C(=O)N(C)C. The zero-order chi connectivity index (χ0) is 13.3. The Bertz CT molecular complexity index is 330. The van der Waals surface area contributed by atoms with Gasteiger partial charge in [-0.1, -0.05) is 30.9 Å². The summed E-state index contributed by atoms with van der Waals surface area (Å²) in [6.07, 6.45) is 8.29. The first-order valence-electron chi connectivity index (χ1n) is 5.42. The minimum Gasteiger partial charge on any atom is -0.347 e. The fourth-order valence-electron chi connectivity index (χ4n) is 1.29. The fraction of sp³-hybridized carbons (Fsp3) is 0.385. The van der Waals surface area contributed by atoms with Gasteiger partial charge in [0.25, 0.3) is 0 Å². The molecular weight excluding hydrogens is 216 g/mol. The van der Waals surface area contributed by atoms with E-state index in [1.54, 1.807) is 20.2 Å². The minimum atomic E-state index is -0.544. The molecule has 0 aliphatic carbocycles. The highest BCUT2D eigenvalue weighted by Gasteiger charge is 2.19. The van der Waals surface area contributed by atoms with Gasteiger partial charge in [-0.15, -0.1) is 0 Å². The van der Waals surface area contributed by atoms with Crippen molar-refractivity contribution in [1.82, 2.24) is 10.2 Å². The lowest BCUT2D eigenvalue weighted by Gasteiger charge is -2.20. The zero-order valence-electron chi connectivity index (χ0n) is 10.6. The summed E-state index contributed by atoms with van der Waals surface area (Å²) < 4.78 is 0. The third kappa shape index (κ3) is 5.70. The molecule has 2 amide bonds. The lowest BCUT2D eigenvalue weighted by atomic mass is 10.0. The number of carbonyl (C=O) groups is 2. The van der Waals surface area contributed by atoms with Crippen LogP contribution in [0.4, 0.5) is 0 Å². The molecule has 0 aliphatic rings. The van der Waals surface area contributed by atoms with Crippen molar-refractivity contribution in [1.29, 1.82) is 0 Å². The standard InChI is InChI=1S/C13H20N2O2/c1-5-7-8-11(6-2)9-12(14-10-16)13(17)15(3)4/h5-8,10,12H,2,9H2,1,3-4H3,(H,14,16)/b7-5-,11-8+. The second-order valence-electron chi connectivity index (χ2n) is 3.75. The summed E-state index contributed by atoms with van der Waals surface area (Å²) in [6.45, 7) is 5.59. The molecule has 0 radical (unpaired) electrons. The predicted molar refractivity (Wildman–Crippen MR) is 69.4 cm³/mol. The molecule has 0 aliphatic heterocycles. The van der Waals surface area contributed by atoms with Crippen molar-refractivity contribution in [2.75, 3.05) is 14.1 Å². The molecule has 4 nitrogen and oxygen atoms in total. The van der Waals surface area contributed by atoms with Gasteiger partial charge in [0.1, 0.15) is 6.04 Å². The monoisotopic (exact) mass is 236 g/mol. The molecule has 17 heavy (non-hydrogen) atoms. The van der Waals surface area contributed by atoms with Gasteiger partial charge in [0.2, 0.25) is 12.3 Å². The molecule has 94 valence electrons. The van der Waals surface area contributed by atoms with Gasteiger partial charge in [-0.05, 0) is 12.5 Å². The van der Waals surface area contributed by atoms with Crippen molar-refractivity contribution >= 4 is 12.3 Å². The third-order valence-corrected chi connectivity index (χ3v) is 2.21. The van der Waals surface area contributed by atoms with Crippen molar-refractivity contribution in [3.63, 3.8) is 0 Å². The van der Waals surface area contributed by atoms with Crippen LogP contribution in [-0.4, -0.2) is 37.4 Å². The van der Waals surface area contributed by atoms with Crippen LogP contribution in [-0.2, 0) is 9.59 Å². The highest BCUT2D eigenvalue weighted by Crippen LogP contribution is 2.08. The second kappa shape index (κ2) is 8.33. The summed E-state index contributed by atoms with van der Waals surface area (Å²) in [4.78, 5) is 23.7. The molecule has 4 heteroatoms. The molecule has 0 aromatic rings. The lowest BCUT2D eigenvalue weighted by molar-refractivity contribution is -0.132. The van der Waals surface area contributed by atoms with Crippen LogP contribution < -0.4 is 5.32 Å². The van der Waals surface area contributed by atoms with Gasteiger partial charge in [-0.25, -0.2) is 0 Å². The molecule has 0 fully saturated rings. The lowest BCUT2D eigenvalue weighted by Crippen LogP contribution is -2.43. The van der Waals surface area contributed by atoms with Crippen molar-refractivity contribution in [2.24, 2.45) is 0 Å². The molecule has 0 bridgehead atoms. The summed E-state index contributed by atoms with van der Waals surface area (Å²) in [5, 5.41) is 2.52. The molecule has 0 saturated carbocycles. The second-order valence-corrected chi connectivity index (χ2v) is 3.75. The maximum Gasteiger partial charge on any atom is 0.244 e. The number of rotatable bonds is 7. The Labute approximate surface area is 103 Å². The molecule has 0 aromatic heterocycles. The first kappa shape index (κ1) is 15.2. The molecule has 0 heterocycles. The molecular formula is C13H20N2O2. The molecule has 1 N–H and O–H groups in total. The van der Waals surface area contributed by atoms with Crippen LogP contribution in [0.2, 0.25) is 0 Å². The van der Waals surface area contributed by atoms with E-state index in [0.717, 1.165) is 5.57 Å². The summed E-state index contributed by atoms with van der Waals surface area (Å²) in [5.41, 5.74) is 0.901. The van der Waals surface area contributed by atoms with E-state index in [-0.39, 0.29) is 5.91 Å². The number of allylic oxidation sites excluding steroid dienone is 4. The largest absolute Gasteiger partial charge is 0.347 e. The van der Waals surface area contributed by atoms with Crippen molar-refractivity contribution in [2.45, 2.75) is 19.4 Å². The van der Waals surface area contributed by atoms with Crippen LogP contribution >= 0.6 is 0 Å². The molecule has 0 aromatic carbocycles. The number of nitrogens with zero attached hydrogens (tertiary/aromatic N) is 1. The Morgan fingerprint density at radius 3 is 2.53 bits per heavy atom. The Morgan fingerprint density at radius 1 is 1.47 bits per heavy atom. The number of hydrogen-bond donors (Lipinski definition) is 1. The minimum absolute atomic E-state index is 0.134. The summed E-state index contributed by atoms with van der Waals surface area (Å²) in [7, 11) is 3.32. The van der Waals surface area contributed by atoms with E-state index in [1.807, 2.05) is 25.2 Å². The number of hydrogen-bond acceptors (Lipinski definition) is 2. The van der Waals surface area contributed by atoms with E-state index in [4.69, 9.17) is 0 Å². The van der Waals surface area contributed by atoms with E-state index < -0.39 is 6.04 Å². The number of likely N-dealkylation sites (N-methyl/N-ethyl adjacent to an activating group) is 1. The van der Waals surface area contributed by atoms with E-state index in [9.17, 15) is 9.59 Å². The first-order valence-corrected chi connectivity index (χ1v) is 5.42. The highest BCUT2D eigenvalue weighted by atomic mass is 16.2. The first-order chi connectivity index (χ1) is 8.06. The third-order valence-electron chi connectivity index (χ3n) is 2.21. The molecule has 1 unspecified atom stereocenters. The molecule has 0 rings (SSSR count). The Morgan fingerprint density at radius 2 is 2.12 bits per heavy atom. The number of carbonyl (C=O) groups excluding carboxylic acids is 2. The van der Waals surface area contributed by atoms with Crippen molar-refractivity contribution < 1.29 is 9.59 Å². The van der Waals surface area contributed by atoms with E-state index >= 15 is 0 Å². The van der Waals surface area contributed by atoms with Crippen molar-refractivity contribution in [3.8, 4) is 0 Å². The number of nitrogens with one attached hydrogen (secondary N) is 1. The highest BCUT2D eigenvalue weighted by molar-refractivity contribution is 5.83. The van der Waals surface area contributed by atoms with E-state index in [1.165, 1.54) is 4.90 Å². The molecule has 0 saturated heterocycles. The van der Waals surface area contributed by atoms with Gasteiger partial charge in [-0.3, -0.25) is 9.59 Å². The van der Waals surface area contributed by atoms with Gasteiger partial charge in [-0.2, -0.15) is 0 Å². The summed E-state index contributed by atoms with van der Waals surface area (Å²) in [5.74, 6) is -0.134. The average molecular weight is 236 g/mol. The van der Waals surface area contributed by atoms with Gasteiger partial charge < -0.3 is 10.2 Å². The van der Waals surface area contributed by atoms with E-state index in [2.05, 4.69) is 11.9 Å². The summed E-state index contributed by atoms with van der Waals surface area (Å²) >= 11 is 0. The summed E-state index contributed by atoms with van der Waals surface area (Å²) in [6, 6.07) is -0.544. The molecule has 0 spiro atoms. The number of amides is 2. The van der Waals surface area contributed by atoms with Crippen LogP contribution in [0, 0.1) is 0 Å². The normalized spacial score (nSPS) is 13.2. The van der Waals surface area contributed by atoms with E-state index in [0.29, 0.717) is 12.8 Å². The maximum absolute atomic E-state index is 11.8. The zero-order valence-corrected chi connectivity index (χ0v) is 10.6. The average Bonchev–Trinajstić information content (AvgIpc) is 2.32. The van der Waals surface area contributed by atoms with Crippen LogP contribution in [0.3, 0.4) is 0 Å². The van der Waals surface area contributed by atoms with Crippen LogP contribution in [0.1, 0.15) is 13.3 Å². The van der Waals surface area contributed by atoms with Gasteiger partial charge in [0, 0.05) is 20.5 Å². The fourth-order valence-corrected chi connectivity index (χ4v) is 1.29. The van der Waals surface area contributed by atoms with Gasteiger partial charge >= 0.3 is 0 Å². The quantitative estimate of drug-likeness (QED) is 0.534. The van der Waals surface area contributed by atoms with Crippen molar-refractivity contribution in [3.05, 3.63) is 36.5 Å². The Kier molecular flexibility index (Phi) is 7.43. The Hall–Kier alpha value is -1.84. The van der Waals surface area contributed by atoms with Crippen LogP contribution in [0.15, 0.2) is 36.5 Å². The maximum atomic E-state index is 11.8. The van der Waals surface area contributed by atoms with Crippen LogP contribution in [0.5, 0.6) is 0 Å². The molecule has 1 atom stereocenters. The van der Waals surface area contributed by atoms with Gasteiger partial charge in [0.05, 0.1) is 0 Å². The van der Waals surface area contributed by atoms with Gasteiger partial charge in [0.15, 0.2) is 0 Å². The topological polar surface area (TPSA) is 49.4 Å². The van der Waals surface area contributed by atoms with Crippen LogP contribution in [0.25, 0.3) is 0 Å². The Balaban J connectivity index is 4.78. The smallest absolute Gasteiger partial charge is 0.244 e.